The molecule has 1 aromatic rings. The number of hydrogen-bond acceptors (Lipinski definition) is 2. The third-order valence-corrected chi connectivity index (χ3v) is 4.99. The average molecular weight is 244 g/mol. The molecule has 1 saturated carbocycles. The maximum atomic E-state index is 6.40. The quantitative estimate of drug-likeness (QED) is 0.886. The predicted octanol–water partition coefficient (Wildman–Crippen LogP) is 2.84. The molecule has 1 aliphatic heterocycles. The van der Waals surface area contributed by atoms with Crippen molar-refractivity contribution in [3.63, 3.8) is 0 Å². The number of benzene rings is 1. The van der Waals surface area contributed by atoms with Gasteiger partial charge in [0, 0.05) is 29.7 Å². The minimum atomic E-state index is -0.107. The summed E-state index contributed by atoms with van der Waals surface area (Å²) in [6.07, 6.45) is 3.68. The Bertz CT molecular complexity index is 466. The van der Waals surface area contributed by atoms with Gasteiger partial charge in [-0.1, -0.05) is 12.1 Å². The van der Waals surface area contributed by atoms with Gasteiger partial charge in [-0.2, -0.15) is 0 Å². The molecule has 1 heterocycles. The fourth-order valence-electron chi connectivity index (χ4n) is 3.53. The first-order valence-electron chi connectivity index (χ1n) is 7.15. The highest BCUT2D eigenvalue weighted by Gasteiger charge is 2.53. The summed E-state index contributed by atoms with van der Waals surface area (Å²) in [5.41, 5.74) is 10.9. The minimum absolute atomic E-state index is 0.107. The van der Waals surface area contributed by atoms with Gasteiger partial charge in [-0.05, 0) is 57.2 Å². The number of nitrogens with two attached hydrogens (primary N) is 1. The maximum absolute atomic E-state index is 6.40. The first kappa shape index (κ1) is 12.0. The largest absolute Gasteiger partial charge is 0.371 e. The van der Waals surface area contributed by atoms with Gasteiger partial charge in [-0.15, -0.1) is 0 Å². The predicted molar refractivity (Wildman–Crippen MR) is 77.2 cm³/mol. The topological polar surface area (TPSA) is 29.3 Å². The Morgan fingerprint density at radius 2 is 2.06 bits per heavy atom. The van der Waals surface area contributed by atoms with Crippen LogP contribution in [-0.2, 0) is 11.8 Å². The molecule has 3 rings (SSSR count). The Morgan fingerprint density at radius 3 is 2.61 bits per heavy atom. The summed E-state index contributed by atoms with van der Waals surface area (Å²) in [7, 11) is 0. The third-order valence-electron chi connectivity index (χ3n) is 4.99. The fraction of sp³-hybridized carbons (Fsp3) is 0.625. The van der Waals surface area contributed by atoms with E-state index in [9.17, 15) is 0 Å². The number of hydrogen-bond donors (Lipinski definition) is 1. The lowest BCUT2D eigenvalue weighted by Gasteiger charge is -2.31. The van der Waals surface area contributed by atoms with Gasteiger partial charge in [0.1, 0.15) is 0 Å². The third kappa shape index (κ3) is 1.58. The summed E-state index contributed by atoms with van der Waals surface area (Å²) in [4.78, 5) is 2.46. The molecule has 0 aromatic heterocycles. The lowest BCUT2D eigenvalue weighted by molar-refractivity contribution is 0.391. The van der Waals surface area contributed by atoms with E-state index in [0.29, 0.717) is 0 Å². The van der Waals surface area contributed by atoms with Gasteiger partial charge in [0.15, 0.2) is 0 Å². The Kier molecular flexibility index (Phi) is 2.50. The first-order valence-corrected chi connectivity index (χ1v) is 7.15. The van der Waals surface area contributed by atoms with Gasteiger partial charge >= 0.3 is 0 Å². The summed E-state index contributed by atoms with van der Waals surface area (Å²) in [5.74, 6) is 0. The van der Waals surface area contributed by atoms with Crippen molar-refractivity contribution in [2.75, 3.05) is 18.0 Å². The number of fused-ring (bicyclic) bond motifs is 1. The molecule has 0 unspecified atom stereocenters. The molecule has 0 amide bonds. The Morgan fingerprint density at radius 1 is 1.33 bits per heavy atom. The number of anilines is 1. The summed E-state index contributed by atoms with van der Waals surface area (Å²) in [6.45, 7) is 8.86. The van der Waals surface area contributed by atoms with E-state index in [1.807, 2.05) is 0 Å². The van der Waals surface area contributed by atoms with Crippen LogP contribution in [0.2, 0.25) is 0 Å². The van der Waals surface area contributed by atoms with Crippen molar-refractivity contribution in [3.8, 4) is 0 Å². The lowest BCUT2D eigenvalue weighted by Crippen LogP contribution is -2.45. The molecular weight excluding hydrogens is 220 g/mol. The zero-order valence-corrected chi connectivity index (χ0v) is 11.8. The Hall–Kier alpha value is -1.02. The van der Waals surface area contributed by atoms with Crippen LogP contribution >= 0.6 is 0 Å². The molecule has 2 N–H and O–H groups in total. The van der Waals surface area contributed by atoms with Gasteiger partial charge in [-0.3, -0.25) is 0 Å². The van der Waals surface area contributed by atoms with E-state index in [2.05, 4.69) is 43.9 Å². The van der Waals surface area contributed by atoms with Gasteiger partial charge in [0.05, 0.1) is 0 Å². The van der Waals surface area contributed by atoms with Gasteiger partial charge in [-0.25, -0.2) is 0 Å². The number of likely N-dealkylation sites (N-methyl/N-ethyl adjacent to an activating group) is 1. The van der Waals surface area contributed by atoms with E-state index in [1.54, 1.807) is 0 Å². The minimum Gasteiger partial charge on any atom is -0.371 e. The van der Waals surface area contributed by atoms with Crippen molar-refractivity contribution < 1.29 is 0 Å². The molecule has 18 heavy (non-hydrogen) atoms. The van der Waals surface area contributed by atoms with Crippen LogP contribution in [-0.4, -0.2) is 18.6 Å². The van der Waals surface area contributed by atoms with Crippen LogP contribution in [0.5, 0.6) is 0 Å². The second kappa shape index (κ2) is 3.74. The van der Waals surface area contributed by atoms with E-state index in [0.717, 1.165) is 6.54 Å². The van der Waals surface area contributed by atoms with Crippen LogP contribution in [0.3, 0.4) is 0 Å². The highest BCUT2D eigenvalue weighted by Crippen LogP contribution is 2.55. The lowest BCUT2D eigenvalue weighted by atomic mass is 9.78. The zero-order valence-electron chi connectivity index (χ0n) is 11.8. The van der Waals surface area contributed by atoms with Gasteiger partial charge in [0.25, 0.3) is 0 Å². The second-order valence-electron chi connectivity index (χ2n) is 6.48. The highest BCUT2D eigenvalue weighted by atomic mass is 15.1. The van der Waals surface area contributed by atoms with Crippen molar-refractivity contribution in [2.24, 2.45) is 5.73 Å². The summed E-state index contributed by atoms with van der Waals surface area (Å²) in [6, 6.07) is 7.05. The van der Waals surface area contributed by atoms with E-state index in [-0.39, 0.29) is 11.0 Å². The van der Waals surface area contributed by atoms with Crippen molar-refractivity contribution in [1.82, 2.24) is 0 Å². The van der Waals surface area contributed by atoms with Crippen molar-refractivity contribution in [1.29, 1.82) is 0 Å². The van der Waals surface area contributed by atoms with Crippen molar-refractivity contribution in [2.45, 2.75) is 51.0 Å². The molecule has 0 atom stereocenters. The first-order chi connectivity index (χ1) is 8.48. The van der Waals surface area contributed by atoms with Crippen LogP contribution < -0.4 is 10.6 Å². The smallest absolute Gasteiger partial charge is 0.0399 e. The molecule has 2 nitrogen and oxygen atoms in total. The van der Waals surface area contributed by atoms with E-state index >= 15 is 0 Å². The van der Waals surface area contributed by atoms with Crippen LogP contribution in [0.15, 0.2) is 18.2 Å². The van der Waals surface area contributed by atoms with Crippen molar-refractivity contribution in [3.05, 3.63) is 29.3 Å². The summed E-state index contributed by atoms with van der Waals surface area (Å²) in [5, 5.41) is 0. The Balaban J connectivity index is 1.98. The van der Waals surface area contributed by atoms with Crippen LogP contribution in [0.4, 0.5) is 5.69 Å². The Labute approximate surface area is 110 Å². The van der Waals surface area contributed by atoms with Crippen LogP contribution in [0.25, 0.3) is 0 Å². The molecule has 1 aliphatic carbocycles. The molecule has 1 aromatic carbocycles. The molecule has 0 saturated heterocycles. The van der Waals surface area contributed by atoms with Crippen LogP contribution in [0, 0.1) is 0 Å². The molecule has 1 fully saturated rings. The van der Waals surface area contributed by atoms with E-state index < -0.39 is 0 Å². The molecule has 0 radical (unpaired) electrons. The second-order valence-corrected chi connectivity index (χ2v) is 6.48. The van der Waals surface area contributed by atoms with Crippen molar-refractivity contribution >= 4 is 5.69 Å². The standard InChI is InChI=1S/C16H24N2/c1-4-18-10-7-12-11-13(5-6-14(12)18)16(8-9-16)15(2,3)17/h5-6,11H,4,7-10,17H2,1-3H3. The molecule has 2 heteroatoms. The summed E-state index contributed by atoms with van der Waals surface area (Å²) >= 11 is 0. The zero-order chi connectivity index (χ0) is 13.0. The maximum Gasteiger partial charge on any atom is 0.0399 e. The highest BCUT2D eigenvalue weighted by molar-refractivity contribution is 5.60. The molecule has 0 spiro atoms. The number of nitrogens with zero attached hydrogens (tertiary/aromatic N) is 1. The van der Waals surface area contributed by atoms with Gasteiger partial charge < -0.3 is 10.6 Å². The summed E-state index contributed by atoms with van der Waals surface area (Å²) < 4.78 is 0. The molecule has 2 aliphatic rings. The fourth-order valence-corrected chi connectivity index (χ4v) is 3.53. The number of rotatable bonds is 3. The molecule has 98 valence electrons. The van der Waals surface area contributed by atoms with E-state index in [1.165, 1.54) is 42.6 Å². The SMILES string of the molecule is CCN1CCc2cc(C3(C(C)(C)N)CC3)ccc21. The average Bonchev–Trinajstić information content (AvgIpc) is 3.04. The van der Waals surface area contributed by atoms with Crippen LogP contribution in [0.1, 0.15) is 44.7 Å². The normalized spacial score (nSPS) is 21.0. The van der Waals surface area contributed by atoms with E-state index in [4.69, 9.17) is 5.73 Å². The molecule has 0 bridgehead atoms. The monoisotopic (exact) mass is 244 g/mol. The van der Waals surface area contributed by atoms with Gasteiger partial charge in [0.2, 0.25) is 0 Å². The molecular formula is C16H24N2.